The molecule has 37 heavy (non-hydrogen) atoms. The van der Waals surface area contributed by atoms with Crippen molar-refractivity contribution in [2.75, 3.05) is 18.4 Å². The largest absolute Gasteiger partial charge is 0.361 e. The van der Waals surface area contributed by atoms with Crippen molar-refractivity contribution >= 4 is 17.5 Å². The van der Waals surface area contributed by atoms with Gasteiger partial charge in [-0.15, -0.1) is 10.2 Å². The minimum absolute atomic E-state index is 0.0455. The van der Waals surface area contributed by atoms with Crippen molar-refractivity contribution in [3.63, 3.8) is 0 Å². The lowest BCUT2D eigenvalue weighted by molar-refractivity contribution is -0.128. The number of carbonyl (C=O) groups is 2. The van der Waals surface area contributed by atoms with Crippen LogP contribution in [0, 0.1) is 25.7 Å². The molecule has 2 aliphatic rings. The molecule has 5 rings (SSSR count). The van der Waals surface area contributed by atoms with Crippen LogP contribution in [0.1, 0.15) is 74.7 Å². The van der Waals surface area contributed by atoms with E-state index in [9.17, 15) is 9.59 Å². The predicted octanol–water partition coefficient (Wildman–Crippen LogP) is 4.67. The van der Waals surface area contributed by atoms with Crippen LogP contribution in [0.3, 0.4) is 0 Å². The highest BCUT2D eigenvalue weighted by atomic mass is 16.5. The highest BCUT2D eigenvalue weighted by molar-refractivity contribution is 5.94. The average molecular weight is 505 g/mol. The van der Waals surface area contributed by atoms with Crippen molar-refractivity contribution in [1.82, 2.24) is 24.8 Å². The minimum atomic E-state index is -0.432. The van der Waals surface area contributed by atoms with Gasteiger partial charge in [-0.05, 0) is 50.7 Å². The molecular weight excluding hydrogens is 468 g/mol. The Morgan fingerprint density at radius 1 is 1.14 bits per heavy atom. The first kappa shape index (κ1) is 25.2. The van der Waals surface area contributed by atoms with Gasteiger partial charge in [-0.1, -0.05) is 36.7 Å². The van der Waals surface area contributed by atoms with Crippen LogP contribution in [-0.2, 0) is 16.0 Å². The standard InChI is InChI=1S/C28H36N6O3/c1-16(2)6-10-21-13-25(32-37-21)27-31-30-26(34(27)20-8-9-20)22-14-33(19(5)35)15-23(22)28(36)29-24-11-7-17(3)12-18(24)4/h7,11-13,16,20,22-23H,6,8-10,14-15H2,1-5H3,(H,29,36)/t22-,23-/m0/s1. The number of benzene rings is 1. The highest BCUT2D eigenvalue weighted by Crippen LogP contribution is 2.43. The summed E-state index contributed by atoms with van der Waals surface area (Å²) in [5.74, 6) is 1.99. The van der Waals surface area contributed by atoms with Gasteiger partial charge in [0.15, 0.2) is 11.5 Å². The van der Waals surface area contributed by atoms with Crippen molar-refractivity contribution in [1.29, 1.82) is 0 Å². The normalized spacial score (nSPS) is 19.6. The fourth-order valence-corrected chi connectivity index (χ4v) is 5.16. The second-order valence-electron chi connectivity index (χ2n) is 11.0. The first-order valence-corrected chi connectivity index (χ1v) is 13.3. The summed E-state index contributed by atoms with van der Waals surface area (Å²) in [6.45, 7) is 10.7. The van der Waals surface area contributed by atoms with E-state index in [2.05, 4.69) is 39.1 Å². The maximum absolute atomic E-state index is 13.6. The zero-order valence-corrected chi connectivity index (χ0v) is 22.3. The zero-order valence-electron chi connectivity index (χ0n) is 22.3. The first-order chi connectivity index (χ1) is 17.7. The maximum Gasteiger partial charge on any atom is 0.230 e. The number of anilines is 1. The molecule has 1 aliphatic carbocycles. The van der Waals surface area contributed by atoms with Crippen molar-refractivity contribution in [2.24, 2.45) is 11.8 Å². The highest BCUT2D eigenvalue weighted by Gasteiger charge is 2.44. The molecule has 0 spiro atoms. The Bertz CT molecular complexity index is 1300. The van der Waals surface area contributed by atoms with E-state index < -0.39 is 5.92 Å². The van der Waals surface area contributed by atoms with Gasteiger partial charge >= 0.3 is 0 Å². The second kappa shape index (κ2) is 10.1. The van der Waals surface area contributed by atoms with Gasteiger partial charge in [0.25, 0.3) is 0 Å². The van der Waals surface area contributed by atoms with Crippen LogP contribution in [0.4, 0.5) is 5.69 Å². The van der Waals surface area contributed by atoms with Crippen LogP contribution >= 0.6 is 0 Å². The number of nitrogens with zero attached hydrogens (tertiary/aromatic N) is 5. The summed E-state index contributed by atoms with van der Waals surface area (Å²) >= 11 is 0. The molecule has 1 aromatic carbocycles. The Balaban J connectivity index is 1.45. The SMILES string of the molecule is CC(=O)N1C[C@H](C(=O)Nc2ccc(C)cc2C)[C@@H](c2nnc(-c3cc(CCC(C)C)on3)n2C2CC2)C1. The molecule has 1 N–H and O–H groups in total. The predicted molar refractivity (Wildman–Crippen MR) is 140 cm³/mol. The Hall–Kier alpha value is -3.49. The molecular formula is C28H36N6O3. The molecule has 1 saturated carbocycles. The number of nitrogens with one attached hydrogen (secondary N) is 1. The number of amides is 2. The van der Waals surface area contributed by atoms with Crippen molar-refractivity contribution in [3.8, 4) is 11.5 Å². The van der Waals surface area contributed by atoms with Crippen molar-refractivity contribution < 1.29 is 14.1 Å². The number of hydrogen-bond donors (Lipinski definition) is 1. The zero-order chi connectivity index (χ0) is 26.3. The number of hydrogen-bond acceptors (Lipinski definition) is 6. The minimum Gasteiger partial charge on any atom is -0.361 e. The number of likely N-dealkylation sites (tertiary alicyclic amines) is 1. The molecule has 1 saturated heterocycles. The van der Waals surface area contributed by atoms with Crippen LogP contribution in [0.15, 0.2) is 28.8 Å². The summed E-state index contributed by atoms with van der Waals surface area (Å²) in [6, 6.07) is 8.19. The lowest BCUT2D eigenvalue weighted by Crippen LogP contribution is -2.31. The molecule has 0 radical (unpaired) electrons. The van der Waals surface area contributed by atoms with Gasteiger partial charge in [-0.2, -0.15) is 0 Å². The fourth-order valence-electron chi connectivity index (χ4n) is 5.16. The number of aryl methyl sites for hydroxylation is 3. The van der Waals surface area contributed by atoms with E-state index in [0.717, 1.165) is 54.1 Å². The van der Waals surface area contributed by atoms with E-state index in [-0.39, 0.29) is 23.8 Å². The lowest BCUT2D eigenvalue weighted by atomic mass is 9.93. The Morgan fingerprint density at radius 2 is 1.92 bits per heavy atom. The summed E-state index contributed by atoms with van der Waals surface area (Å²) < 4.78 is 7.74. The Labute approximate surface area is 217 Å². The number of carbonyl (C=O) groups excluding carboxylic acids is 2. The van der Waals surface area contributed by atoms with Crippen molar-refractivity contribution in [3.05, 3.63) is 47.0 Å². The van der Waals surface area contributed by atoms with Crippen LogP contribution in [-0.4, -0.2) is 49.7 Å². The first-order valence-electron chi connectivity index (χ1n) is 13.3. The molecule has 9 nitrogen and oxygen atoms in total. The van der Waals surface area contributed by atoms with Gasteiger partial charge in [0.2, 0.25) is 11.8 Å². The molecule has 2 amide bonds. The molecule has 1 aliphatic heterocycles. The Kier molecular flexibility index (Phi) is 6.88. The van der Waals surface area contributed by atoms with Crippen LogP contribution in [0.2, 0.25) is 0 Å². The van der Waals surface area contributed by atoms with Gasteiger partial charge in [-0.25, -0.2) is 0 Å². The maximum atomic E-state index is 13.6. The van der Waals surface area contributed by atoms with E-state index in [1.54, 1.807) is 11.8 Å². The summed E-state index contributed by atoms with van der Waals surface area (Å²) in [4.78, 5) is 27.7. The molecule has 2 fully saturated rings. The summed E-state index contributed by atoms with van der Waals surface area (Å²) in [6.07, 6.45) is 3.90. The summed E-state index contributed by atoms with van der Waals surface area (Å²) in [5, 5.41) is 16.5. The third-order valence-corrected chi connectivity index (χ3v) is 7.46. The van der Waals surface area contributed by atoms with E-state index >= 15 is 0 Å². The monoisotopic (exact) mass is 504 g/mol. The third-order valence-electron chi connectivity index (χ3n) is 7.46. The summed E-state index contributed by atoms with van der Waals surface area (Å²) in [7, 11) is 0. The van der Waals surface area contributed by atoms with Gasteiger partial charge < -0.3 is 19.3 Å². The van der Waals surface area contributed by atoms with Crippen LogP contribution < -0.4 is 5.32 Å². The molecule has 0 unspecified atom stereocenters. The number of rotatable bonds is 8. The molecule has 9 heteroatoms. The molecule has 196 valence electrons. The van der Waals surface area contributed by atoms with E-state index in [1.165, 1.54) is 0 Å². The van der Waals surface area contributed by atoms with Gasteiger partial charge in [0, 0.05) is 44.2 Å². The molecule has 3 heterocycles. The van der Waals surface area contributed by atoms with Gasteiger partial charge in [0.05, 0.1) is 11.8 Å². The topological polar surface area (TPSA) is 106 Å². The molecule has 0 bridgehead atoms. The third kappa shape index (κ3) is 5.31. The van der Waals surface area contributed by atoms with Gasteiger partial charge in [0.1, 0.15) is 11.6 Å². The van der Waals surface area contributed by atoms with Crippen molar-refractivity contribution in [2.45, 2.75) is 72.3 Å². The number of aromatic nitrogens is 4. The van der Waals surface area contributed by atoms with Gasteiger partial charge in [-0.3, -0.25) is 9.59 Å². The Morgan fingerprint density at radius 3 is 2.59 bits per heavy atom. The second-order valence-corrected chi connectivity index (χ2v) is 11.0. The smallest absolute Gasteiger partial charge is 0.230 e. The quantitative estimate of drug-likeness (QED) is 0.478. The molecule has 2 aromatic heterocycles. The van der Waals surface area contributed by atoms with E-state index in [1.807, 2.05) is 38.1 Å². The van der Waals surface area contributed by atoms with E-state index in [0.29, 0.717) is 30.5 Å². The fraction of sp³-hybridized carbons (Fsp3) is 0.536. The van der Waals surface area contributed by atoms with Crippen LogP contribution in [0.25, 0.3) is 11.5 Å². The van der Waals surface area contributed by atoms with Crippen LogP contribution in [0.5, 0.6) is 0 Å². The average Bonchev–Trinajstić information content (AvgIpc) is 3.23. The molecule has 3 aromatic rings. The van der Waals surface area contributed by atoms with E-state index in [4.69, 9.17) is 4.52 Å². The summed E-state index contributed by atoms with van der Waals surface area (Å²) in [5.41, 5.74) is 3.61. The molecule has 2 atom stereocenters. The lowest BCUT2D eigenvalue weighted by Gasteiger charge is -2.19.